The summed E-state index contributed by atoms with van der Waals surface area (Å²) in [6.07, 6.45) is 17.2. The van der Waals surface area contributed by atoms with Gasteiger partial charge in [-0.1, -0.05) is 65.5 Å². The van der Waals surface area contributed by atoms with Crippen LogP contribution in [0.25, 0.3) is 0 Å². The number of rotatable bonds is 7. The van der Waals surface area contributed by atoms with Crippen molar-refractivity contribution in [3.8, 4) is 0 Å². The largest absolute Gasteiger partial charge is 0.338 e. The van der Waals surface area contributed by atoms with Gasteiger partial charge in [0.1, 0.15) is 0 Å². The van der Waals surface area contributed by atoms with E-state index in [1.165, 1.54) is 57.8 Å². The zero-order chi connectivity index (χ0) is 22.4. The maximum atomic E-state index is 9.53. The molecule has 0 amide bonds. The van der Waals surface area contributed by atoms with E-state index in [0.717, 1.165) is 48.3 Å². The van der Waals surface area contributed by atoms with E-state index in [0.29, 0.717) is 10.8 Å². The summed E-state index contributed by atoms with van der Waals surface area (Å²) in [6, 6.07) is 0. The Kier molecular flexibility index (Phi) is 7.30. The van der Waals surface area contributed by atoms with Gasteiger partial charge >= 0.3 is 0 Å². The van der Waals surface area contributed by atoms with E-state index in [1.54, 1.807) is 5.57 Å². The van der Waals surface area contributed by atoms with E-state index >= 15 is 0 Å². The third kappa shape index (κ3) is 4.55. The van der Waals surface area contributed by atoms with Crippen LogP contribution in [0.2, 0.25) is 0 Å². The normalized spacial score (nSPS) is 44.3. The first-order valence-electron chi connectivity index (χ1n) is 13.2. The summed E-state index contributed by atoms with van der Waals surface area (Å²) >= 11 is 0. The molecule has 0 radical (unpaired) electrons. The van der Waals surface area contributed by atoms with E-state index in [4.69, 9.17) is 10.0 Å². The van der Waals surface area contributed by atoms with Crippen molar-refractivity contribution >= 4 is 8.53 Å². The fourth-order valence-electron chi connectivity index (χ4n) is 8.89. The summed E-state index contributed by atoms with van der Waals surface area (Å²) in [4.78, 5) is 9.53. The van der Waals surface area contributed by atoms with Gasteiger partial charge in [-0.25, -0.2) is 0 Å². The molecular weight excluding hydrogens is 401 g/mol. The molecule has 4 heteroatoms. The summed E-state index contributed by atoms with van der Waals surface area (Å²) in [6.45, 7) is 12.5. The van der Waals surface area contributed by atoms with Crippen LogP contribution in [0.5, 0.6) is 0 Å². The van der Waals surface area contributed by atoms with Crippen molar-refractivity contribution in [2.45, 2.75) is 111 Å². The fourth-order valence-corrected chi connectivity index (χ4v) is 9.38. The van der Waals surface area contributed by atoms with Crippen molar-refractivity contribution in [3.05, 3.63) is 11.6 Å². The standard InChI is InChI=1S/C27H48NO2P/c1-18(2)7-6-8-19(3)23-11-12-24-22-10-9-20-17-21(30-31(28)29)13-15-26(20,4)25(22)14-16-27(23,24)5/h9,18-19,21-25,29H,6-8,10-17,28H2,1-5H3/t19-,21+,22+,23-,24+,25+,26+,27-,31?/m1/s1. The quantitative estimate of drug-likeness (QED) is 0.311. The molecule has 0 aromatic carbocycles. The Balaban J connectivity index is 1.46. The SMILES string of the molecule is CC(C)CCC[C@@H](C)[C@H]1CC[C@H]2[C@@H]3CC=C4C[C@@H](OP(N)O)CC[C@]4(C)[C@H]3CC[C@]12C. The van der Waals surface area contributed by atoms with Crippen LogP contribution in [0.1, 0.15) is 105 Å². The Morgan fingerprint density at radius 2 is 1.87 bits per heavy atom. The predicted octanol–water partition coefficient (Wildman–Crippen LogP) is 7.59. The minimum absolute atomic E-state index is 0.119. The Morgan fingerprint density at radius 3 is 2.58 bits per heavy atom. The summed E-state index contributed by atoms with van der Waals surface area (Å²) < 4.78 is 5.65. The van der Waals surface area contributed by atoms with Gasteiger partial charge < -0.3 is 9.42 Å². The molecule has 0 aliphatic heterocycles. The minimum Gasteiger partial charge on any atom is -0.338 e. The van der Waals surface area contributed by atoms with Crippen molar-refractivity contribution in [3.63, 3.8) is 0 Å². The minimum atomic E-state index is -1.74. The molecule has 0 aromatic rings. The zero-order valence-electron chi connectivity index (χ0n) is 20.8. The van der Waals surface area contributed by atoms with Gasteiger partial charge in [-0.05, 0) is 97.7 Å². The van der Waals surface area contributed by atoms with Crippen LogP contribution in [0.3, 0.4) is 0 Å². The zero-order valence-corrected chi connectivity index (χ0v) is 21.7. The average Bonchev–Trinajstić information content (AvgIpc) is 3.05. The number of hydrogen-bond acceptors (Lipinski definition) is 3. The molecule has 9 atom stereocenters. The second kappa shape index (κ2) is 9.36. The van der Waals surface area contributed by atoms with Gasteiger partial charge in [-0.3, -0.25) is 5.50 Å². The fraction of sp³-hybridized carbons (Fsp3) is 0.926. The molecular formula is C27H48NO2P. The molecule has 4 aliphatic rings. The van der Waals surface area contributed by atoms with Crippen LogP contribution in [-0.2, 0) is 4.52 Å². The number of hydrogen-bond donors (Lipinski definition) is 2. The predicted molar refractivity (Wildman–Crippen MR) is 131 cm³/mol. The van der Waals surface area contributed by atoms with E-state index in [9.17, 15) is 4.89 Å². The van der Waals surface area contributed by atoms with Gasteiger partial charge in [0.15, 0.2) is 0 Å². The third-order valence-electron chi connectivity index (χ3n) is 10.5. The molecule has 3 saturated carbocycles. The van der Waals surface area contributed by atoms with E-state index in [-0.39, 0.29) is 6.10 Å². The average molecular weight is 450 g/mol. The first-order valence-corrected chi connectivity index (χ1v) is 14.5. The molecule has 0 bridgehead atoms. The lowest BCUT2D eigenvalue weighted by atomic mass is 9.47. The molecule has 3 nitrogen and oxygen atoms in total. The molecule has 178 valence electrons. The Labute approximate surface area is 192 Å². The number of fused-ring (bicyclic) bond motifs is 5. The molecule has 0 saturated heterocycles. The van der Waals surface area contributed by atoms with Gasteiger partial charge in [-0.2, -0.15) is 0 Å². The van der Waals surface area contributed by atoms with Crippen molar-refractivity contribution in [2.24, 2.45) is 51.8 Å². The summed E-state index contributed by atoms with van der Waals surface area (Å²) in [7, 11) is -1.74. The highest BCUT2D eigenvalue weighted by molar-refractivity contribution is 7.43. The Morgan fingerprint density at radius 1 is 1.10 bits per heavy atom. The lowest BCUT2D eigenvalue weighted by Crippen LogP contribution is -2.51. The third-order valence-corrected chi connectivity index (χ3v) is 11.0. The van der Waals surface area contributed by atoms with Crippen molar-refractivity contribution < 1.29 is 9.42 Å². The molecule has 0 spiro atoms. The maximum absolute atomic E-state index is 9.53. The van der Waals surface area contributed by atoms with Crippen LogP contribution < -0.4 is 5.50 Å². The van der Waals surface area contributed by atoms with Crippen molar-refractivity contribution in [1.82, 2.24) is 0 Å². The van der Waals surface area contributed by atoms with Gasteiger partial charge in [0.05, 0.1) is 6.10 Å². The van der Waals surface area contributed by atoms with Crippen molar-refractivity contribution in [1.29, 1.82) is 0 Å². The Hall–Kier alpha value is 0.0500. The second-order valence-electron chi connectivity index (χ2n) is 12.6. The molecule has 3 fully saturated rings. The van der Waals surface area contributed by atoms with Crippen LogP contribution in [-0.4, -0.2) is 11.0 Å². The Bertz CT molecular complexity index is 664. The highest BCUT2D eigenvalue weighted by Crippen LogP contribution is 2.67. The molecule has 3 N–H and O–H groups in total. The lowest BCUT2D eigenvalue weighted by Gasteiger charge is -2.58. The van der Waals surface area contributed by atoms with Crippen LogP contribution >= 0.6 is 8.53 Å². The topological polar surface area (TPSA) is 55.5 Å². The summed E-state index contributed by atoms with van der Waals surface area (Å²) in [5, 5.41) is 0. The highest BCUT2D eigenvalue weighted by Gasteiger charge is 2.59. The van der Waals surface area contributed by atoms with E-state index in [2.05, 4.69) is 40.7 Å². The first kappa shape index (κ1) is 24.2. The molecule has 0 aromatic heterocycles. The summed E-state index contributed by atoms with van der Waals surface area (Å²) in [5.74, 6) is 5.29. The lowest BCUT2D eigenvalue weighted by molar-refractivity contribution is -0.0558. The van der Waals surface area contributed by atoms with Crippen LogP contribution in [0.15, 0.2) is 11.6 Å². The van der Waals surface area contributed by atoms with E-state index < -0.39 is 8.53 Å². The molecule has 0 heterocycles. The number of allylic oxidation sites excluding steroid dienone is 1. The van der Waals surface area contributed by atoms with E-state index in [1.807, 2.05) is 0 Å². The summed E-state index contributed by atoms with van der Waals surface area (Å²) in [5.41, 5.74) is 8.08. The van der Waals surface area contributed by atoms with Crippen LogP contribution in [0.4, 0.5) is 0 Å². The molecule has 31 heavy (non-hydrogen) atoms. The van der Waals surface area contributed by atoms with Crippen molar-refractivity contribution in [2.75, 3.05) is 0 Å². The van der Waals surface area contributed by atoms with Gasteiger partial charge in [0, 0.05) is 0 Å². The second-order valence-corrected chi connectivity index (χ2v) is 13.4. The van der Waals surface area contributed by atoms with Gasteiger partial charge in [0.25, 0.3) is 0 Å². The molecule has 1 unspecified atom stereocenters. The van der Waals surface area contributed by atoms with Crippen LogP contribution in [0, 0.1) is 46.3 Å². The highest BCUT2D eigenvalue weighted by atomic mass is 31.2. The molecule has 4 rings (SSSR count). The molecule has 4 aliphatic carbocycles. The maximum Gasteiger partial charge on any atom is 0.250 e. The smallest absolute Gasteiger partial charge is 0.250 e. The monoisotopic (exact) mass is 449 g/mol. The number of nitrogens with two attached hydrogens (primary N) is 1. The van der Waals surface area contributed by atoms with Gasteiger partial charge in [-0.15, -0.1) is 0 Å². The van der Waals surface area contributed by atoms with Gasteiger partial charge in [0.2, 0.25) is 8.53 Å². The first-order chi connectivity index (χ1) is 14.6.